The summed E-state index contributed by atoms with van der Waals surface area (Å²) in [6.07, 6.45) is 0. The molecule has 0 saturated carbocycles. The first-order valence-corrected chi connectivity index (χ1v) is 7.82. The van der Waals surface area contributed by atoms with Gasteiger partial charge < -0.3 is 4.74 Å². The van der Waals surface area contributed by atoms with E-state index in [-0.39, 0.29) is 5.78 Å². The van der Waals surface area contributed by atoms with Gasteiger partial charge in [-0.2, -0.15) is 0 Å². The molecule has 0 N–H and O–H groups in total. The van der Waals surface area contributed by atoms with Gasteiger partial charge >= 0.3 is 0 Å². The lowest BCUT2D eigenvalue weighted by Crippen LogP contribution is -1.91. The van der Waals surface area contributed by atoms with Gasteiger partial charge in [-0.3, -0.25) is 4.79 Å². The topological polar surface area (TPSA) is 26.3 Å². The minimum absolute atomic E-state index is 0.108. The SMILES string of the molecule is CC(=O)/C(C)=C/SCc1ccccc1Oc1ccccc1. The van der Waals surface area contributed by atoms with Gasteiger partial charge in [-0.05, 0) is 43.0 Å². The number of carbonyl (C=O) groups is 1. The Labute approximate surface area is 129 Å². The van der Waals surface area contributed by atoms with E-state index < -0.39 is 0 Å². The molecule has 0 heterocycles. The third kappa shape index (κ3) is 4.80. The molecule has 108 valence electrons. The van der Waals surface area contributed by atoms with E-state index in [1.54, 1.807) is 18.7 Å². The third-order valence-electron chi connectivity index (χ3n) is 3.00. The fraction of sp³-hybridized carbons (Fsp3) is 0.167. The predicted octanol–water partition coefficient (Wildman–Crippen LogP) is 5.20. The molecule has 0 atom stereocenters. The molecule has 0 aromatic heterocycles. The molecule has 0 amide bonds. The van der Waals surface area contributed by atoms with Gasteiger partial charge in [0.1, 0.15) is 11.5 Å². The van der Waals surface area contributed by atoms with Crippen LogP contribution in [0.15, 0.2) is 65.6 Å². The van der Waals surface area contributed by atoms with Crippen molar-refractivity contribution in [3.63, 3.8) is 0 Å². The molecule has 0 unspecified atom stereocenters. The van der Waals surface area contributed by atoms with Crippen LogP contribution < -0.4 is 4.74 Å². The zero-order valence-electron chi connectivity index (χ0n) is 12.2. The van der Waals surface area contributed by atoms with Gasteiger partial charge in [-0.25, -0.2) is 0 Å². The summed E-state index contributed by atoms with van der Waals surface area (Å²) in [5.74, 6) is 2.56. The van der Waals surface area contributed by atoms with Crippen LogP contribution in [-0.2, 0) is 10.5 Å². The first kappa shape index (κ1) is 15.4. The van der Waals surface area contributed by atoms with Crippen LogP contribution in [0.1, 0.15) is 19.4 Å². The number of carbonyl (C=O) groups excluding carboxylic acids is 1. The van der Waals surface area contributed by atoms with E-state index >= 15 is 0 Å². The molecule has 21 heavy (non-hydrogen) atoms. The summed E-state index contributed by atoms with van der Waals surface area (Å²) >= 11 is 1.60. The van der Waals surface area contributed by atoms with E-state index in [2.05, 4.69) is 0 Å². The second kappa shape index (κ2) is 7.70. The number of hydrogen-bond donors (Lipinski definition) is 0. The number of Topliss-reactive ketones (excluding diaryl/α,β-unsaturated/α-hetero) is 1. The highest BCUT2D eigenvalue weighted by Crippen LogP contribution is 2.28. The van der Waals surface area contributed by atoms with Crippen LogP contribution in [-0.4, -0.2) is 5.78 Å². The van der Waals surface area contributed by atoms with Crippen LogP contribution in [0.5, 0.6) is 11.5 Å². The standard InChI is InChI=1S/C18H18O2S/c1-14(15(2)19)12-21-13-16-8-6-7-11-18(16)20-17-9-4-3-5-10-17/h3-12H,13H2,1-2H3/b14-12+. The van der Waals surface area contributed by atoms with Crippen molar-refractivity contribution >= 4 is 17.5 Å². The number of thioether (sulfide) groups is 1. The summed E-state index contributed by atoms with van der Waals surface area (Å²) in [5, 5.41) is 1.90. The van der Waals surface area contributed by atoms with Crippen molar-refractivity contribution in [3.05, 3.63) is 71.1 Å². The molecule has 0 saturated heterocycles. The lowest BCUT2D eigenvalue weighted by molar-refractivity contribution is -0.113. The van der Waals surface area contributed by atoms with E-state index in [0.717, 1.165) is 28.4 Å². The molecule has 0 aliphatic carbocycles. The molecular formula is C18H18O2S. The molecule has 2 nitrogen and oxygen atoms in total. The number of allylic oxidation sites excluding steroid dienone is 1. The van der Waals surface area contributed by atoms with Crippen molar-refractivity contribution in [1.29, 1.82) is 0 Å². The number of benzene rings is 2. The molecule has 3 heteroatoms. The number of para-hydroxylation sites is 2. The monoisotopic (exact) mass is 298 g/mol. The maximum Gasteiger partial charge on any atom is 0.156 e. The van der Waals surface area contributed by atoms with Gasteiger partial charge in [0.25, 0.3) is 0 Å². The van der Waals surface area contributed by atoms with E-state index in [0.29, 0.717) is 0 Å². The molecule has 0 bridgehead atoms. The summed E-state index contributed by atoms with van der Waals surface area (Å²) in [7, 11) is 0. The van der Waals surface area contributed by atoms with Crippen LogP contribution >= 0.6 is 11.8 Å². The molecule has 2 aromatic carbocycles. The highest BCUT2D eigenvalue weighted by Gasteiger charge is 2.04. The van der Waals surface area contributed by atoms with Crippen LogP contribution in [0.25, 0.3) is 0 Å². The first-order valence-electron chi connectivity index (χ1n) is 6.77. The normalized spacial score (nSPS) is 11.2. The summed E-state index contributed by atoms with van der Waals surface area (Å²) < 4.78 is 5.91. The highest BCUT2D eigenvalue weighted by molar-refractivity contribution is 8.01. The smallest absolute Gasteiger partial charge is 0.156 e. The molecule has 0 aliphatic heterocycles. The Morgan fingerprint density at radius 3 is 2.43 bits per heavy atom. The van der Waals surface area contributed by atoms with Gasteiger partial charge in [0, 0.05) is 11.3 Å². The summed E-state index contributed by atoms with van der Waals surface area (Å²) in [4.78, 5) is 11.2. The Morgan fingerprint density at radius 2 is 1.71 bits per heavy atom. The average Bonchev–Trinajstić information content (AvgIpc) is 2.50. The molecule has 2 rings (SSSR count). The zero-order valence-corrected chi connectivity index (χ0v) is 13.0. The second-order valence-corrected chi connectivity index (χ2v) is 5.55. The Balaban J connectivity index is 2.07. The maximum absolute atomic E-state index is 11.2. The molecule has 2 aromatic rings. The second-order valence-electron chi connectivity index (χ2n) is 4.69. The molecule has 0 radical (unpaired) electrons. The van der Waals surface area contributed by atoms with E-state index in [1.807, 2.05) is 66.9 Å². The summed E-state index contributed by atoms with van der Waals surface area (Å²) in [5.41, 5.74) is 1.89. The molecule has 0 aliphatic rings. The Kier molecular flexibility index (Phi) is 5.64. The highest BCUT2D eigenvalue weighted by atomic mass is 32.2. The number of hydrogen-bond acceptors (Lipinski definition) is 3. The van der Waals surface area contributed by atoms with Crippen LogP contribution in [0.4, 0.5) is 0 Å². The van der Waals surface area contributed by atoms with Gasteiger partial charge in [0.15, 0.2) is 5.78 Å². The Morgan fingerprint density at radius 1 is 1.05 bits per heavy atom. The lowest BCUT2D eigenvalue weighted by atomic mass is 10.2. The number of ether oxygens (including phenoxy) is 1. The third-order valence-corrected chi connectivity index (χ3v) is 4.00. The Hall–Kier alpha value is -2.00. The quantitative estimate of drug-likeness (QED) is 0.685. The van der Waals surface area contributed by atoms with Crippen LogP contribution in [0, 0.1) is 0 Å². The fourth-order valence-electron chi connectivity index (χ4n) is 1.68. The van der Waals surface area contributed by atoms with Gasteiger partial charge in [-0.1, -0.05) is 36.4 Å². The van der Waals surface area contributed by atoms with Crippen LogP contribution in [0.2, 0.25) is 0 Å². The zero-order chi connectivity index (χ0) is 15.1. The average molecular weight is 298 g/mol. The molecular weight excluding hydrogens is 280 g/mol. The number of ketones is 1. The molecule has 0 spiro atoms. The minimum atomic E-state index is 0.108. The largest absolute Gasteiger partial charge is 0.457 e. The van der Waals surface area contributed by atoms with Crippen molar-refractivity contribution < 1.29 is 9.53 Å². The van der Waals surface area contributed by atoms with E-state index in [1.165, 1.54) is 0 Å². The molecule has 0 fully saturated rings. The summed E-state index contributed by atoms with van der Waals surface area (Å²) in [6.45, 7) is 3.42. The predicted molar refractivity (Wildman–Crippen MR) is 88.7 cm³/mol. The van der Waals surface area contributed by atoms with Crippen molar-refractivity contribution in [3.8, 4) is 11.5 Å². The lowest BCUT2D eigenvalue weighted by Gasteiger charge is -2.10. The van der Waals surface area contributed by atoms with Crippen LogP contribution in [0.3, 0.4) is 0 Å². The fourth-order valence-corrected chi connectivity index (χ4v) is 2.59. The number of rotatable bonds is 6. The van der Waals surface area contributed by atoms with Crippen molar-refractivity contribution in [2.24, 2.45) is 0 Å². The van der Waals surface area contributed by atoms with Crippen molar-refractivity contribution in [2.75, 3.05) is 0 Å². The van der Waals surface area contributed by atoms with E-state index in [9.17, 15) is 4.79 Å². The van der Waals surface area contributed by atoms with Gasteiger partial charge in [0.2, 0.25) is 0 Å². The van der Waals surface area contributed by atoms with E-state index in [4.69, 9.17) is 4.74 Å². The minimum Gasteiger partial charge on any atom is -0.457 e. The Bertz CT molecular complexity index is 633. The summed E-state index contributed by atoms with van der Waals surface area (Å²) in [6, 6.07) is 17.7. The van der Waals surface area contributed by atoms with Gasteiger partial charge in [0.05, 0.1) is 0 Å². The van der Waals surface area contributed by atoms with Crippen molar-refractivity contribution in [2.45, 2.75) is 19.6 Å². The maximum atomic E-state index is 11.2. The van der Waals surface area contributed by atoms with Crippen molar-refractivity contribution in [1.82, 2.24) is 0 Å². The van der Waals surface area contributed by atoms with Gasteiger partial charge in [-0.15, -0.1) is 11.8 Å². The first-order chi connectivity index (χ1) is 10.2.